The first-order valence-electron chi connectivity index (χ1n) is 10.3. The number of nitrogens with zero attached hydrogens (tertiary/aromatic N) is 1. The second-order valence-electron chi connectivity index (χ2n) is 8.06. The monoisotopic (exact) mass is 448 g/mol. The molecule has 0 saturated heterocycles. The SMILES string of the molecule is Cc1c(C(Nc2ccc(C(=O)O)cc2)C2CCCCC2)sc2cc(C(F)(F)F)cnc12. The van der Waals surface area contributed by atoms with Gasteiger partial charge in [-0.2, -0.15) is 13.2 Å². The lowest BCUT2D eigenvalue weighted by molar-refractivity contribution is -0.137. The van der Waals surface area contributed by atoms with Crippen LogP contribution in [0.25, 0.3) is 10.2 Å². The molecule has 4 nitrogen and oxygen atoms in total. The largest absolute Gasteiger partial charge is 0.478 e. The van der Waals surface area contributed by atoms with Gasteiger partial charge in [-0.05, 0) is 61.6 Å². The van der Waals surface area contributed by atoms with Crippen molar-refractivity contribution in [1.29, 1.82) is 0 Å². The van der Waals surface area contributed by atoms with E-state index in [0.29, 0.717) is 16.1 Å². The van der Waals surface area contributed by atoms with E-state index in [0.717, 1.165) is 48.0 Å². The molecule has 0 spiro atoms. The number of fused-ring (bicyclic) bond motifs is 1. The fraction of sp³-hybridized carbons (Fsp3) is 0.391. The van der Waals surface area contributed by atoms with Gasteiger partial charge in [0.2, 0.25) is 0 Å². The van der Waals surface area contributed by atoms with E-state index in [-0.39, 0.29) is 11.6 Å². The number of aryl methyl sites for hydroxylation is 1. The fourth-order valence-corrected chi connectivity index (χ4v) is 5.67. The van der Waals surface area contributed by atoms with E-state index in [1.54, 1.807) is 24.3 Å². The predicted octanol–water partition coefficient (Wildman–Crippen LogP) is 7.06. The summed E-state index contributed by atoms with van der Waals surface area (Å²) in [5.41, 5.74) is 1.78. The van der Waals surface area contributed by atoms with Crippen LogP contribution < -0.4 is 5.32 Å². The van der Waals surface area contributed by atoms with Gasteiger partial charge in [0.05, 0.1) is 27.4 Å². The standard InChI is InChI=1S/C23H23F3N2O2S/c1-13-19-18(11-16(12-27-19)23(24,25)26)31-21(13)20(14-5-3-2-4-6-14)28-17-9-7-15(8-10-17)22(29)30/h7-12,14,20,28H,2-6H2,1H3,(H,29,30). The second kappa shape index (κ2) is 8.49. The maximum absolute atomic E-state index is 13.2. The molecule has 8 heteroatoms. The highest BCUT2D eigenvalue weighted by atomic mass is 32.1. The van der Waals surface area contributed by atoms with Crippen LogP contribution in [0.5, 0.6) is 0 Å². The van der Waals surface area contributed by atoms with E-state index < -0.39 is 17.7 Å². The van der Waals surface area contributed by atoms with Crippen LogP contribution in [0.15, 0.2) is 36.5 Å². The van der Waals surface area contributed by atoms with Gasteiger partial charge in [-0.3, -0.25) is 4.98 Å². The van der Waals surface area contributed by atoms with Crippen molar-refractivity contribution in [3.05, 3.63) is 58.1 Å². The van der Waals surface area contributed by atoms with Crippen LogP contribution in [0, 0.1) is 12.8 Å². The zero-order valence-electron chi connectivity index (χ0n) is 17.0. The summed E-state index contributed by atoms with van der Waals surface area (Å²) in [6, 6.07) is 7.70. The molecular formula is C23H23F3N2O2S. The summed E-state index contributed by atoms with van der Waals surface area (Å²) < 4.78 is 40.0. The summed E-state index contributed by atoms with van der Waals surface area (Å²) in [6.07, 6.45) is 2.01. The molecule has 0 aliphatic heterocycles. The van der Waals surface area contributed by atoms with Crippen LogP contribution >= 0.6 is 11.3 Å². The Kier molecular flexibility index (Phi) is 5.92. The molecule has 0 bridgehead atoms. The molecule has 0 amide bonds. The topological polar surface area (TPSA) is 62.2 Å². The van der Waals surface area contributed by atoms with Crippen molar-refractivity contribution in [3.63, 3.8) is 0 Å². The van der Waals surface area contributed by atoms with Crippen LogP contribution in [0.3, 0.4) is 0 Å². The van der Waals surface area contributed by atoms with Gasteiger partial charge < -0.3 is 10.4 Å². The molecule has 1 atom stereocenters. The smallest absolute Gasteiger partial charge is 0.417 e. The van der Waals surface area contributed by atoms with Crippen molar-refractivity contribution in [2.45, 2.75) is 51.2 Å². The number of alkyl halides is 3. The lowest BCUT2D eigenvalue weighted by Gasteiger charge is -2.31. The number of hydrogen-bond donors (Lipinski definition) is 2. The molecule has 1 aromatic carbocycles. The number of halogens is 3. The first-order valence-corrected chi connectivity index (χ1v) is 11.1. The molecule has 1 aliphatic carbocycles. The predicted molar refractivity (Wildman–Crippen MR) is 116 cm³/mol. The van der Waals surface area contributed by atoms with Crippen molar-refractivity contribution in [1.82, 2.24) is 4.98 Å². The molecule has 1 fully saturated rings. The zero-order chi connectivity index (χ0) is 22.2. The van der Waals surface area contributed by atoms with Crippen LogP contribution in [-0.2, 0) is 6.18 Å². The van der Waals surface area contributed by atoms with E-state index in [9.17, 15) is 18.0 Å². The highest BCUT2D eigenvalue weighted by molar-refractivity contribution is 7.19. The third-order valence-electron chi connectivity index (χ3n) is 5.98. The normalized spacial score (nSPS) is 16.4. The Balaban J connectivity index is 1.73. The van der Waals surface area contributed by atoms with Gasteiger partial charge in [0, 0.05) is 16.8 Å². The molecule has 0 radical (unpaired) electrons. The molecule has 2 aromatic heterocycles. The van der Waals surface area contributed by atoms with Crippen molar-refractivity contribution < 1.29 is 23.1 Å². The molecule has 1 unspecified atom stereocenters. The van der Waals surface area contributed by atoms with E-state index in [1.807, 2.05) is 6.92 Å². The van der Waals surface area contributed by atoms with Crippen LogP contribution in [-0.4, -0.2) is 16.1 Å². The Labute approximate surface area is 182 Å². The molecule has 4 rings (SSSR count). The molecule has 1 saturated carbocycles. The Hall–Kier alpha value is -2.61. The quantitative estimate of drug-likeness (QED) is 0.439. The molecule has 3 aromatic rings. The number of benzene rings is 1. The van der Waals surface area contributed by atoms with Crippen molar-refractivity contribution in [2.24, 2.45) is 5.92 Å². The number of aromatic nitrogens is 1. The number of thiophene rings is 1. The van der Waals surface area contributed by atoms with E-state index in [4.69, 9.17) is 5.11 Å². The third kappa shape index (κ3) is 4.54. The number of rotatable bonds is 5. The van der Waals surface area contributed by atoms with Crippen LogP contribution in [0.4, 0.5) is 18.9 Å². The van der Waals surface area contributed by atoms with Crippen molar-refractivity contribution >= 4 is 33.2 Å². The second-order valence-corrected chi connectivity index (χ2v) is 9.15. The molecule has 2 N–H and O–H groups in total. The highest BCUT2D eigenvalue weighted by Gasteiger charge is 2.33. The van der Waals surface area contributed by atoms with Gasteiger partial charge >= 0.3 is 12.1 Å². The van der Waals surface area contributed by atoms with Gasteiger partial charge in [0.25, 0.3) is 0 Å². The number of carbonyl (C=O) groups is 1. The first kappa shape index (κ1) is 21.6. The Morgan fingerprint density at radius 1 is 1.19 bits per heavy atom. The lowest BCUT2D eigenvalue weighted by atomic mass is 9.82. The van der Waals surface area contributed by atoms with Crippen molar-refractivity contribution in [2.75, 3.05) is 5.32 Å². The Bertz CT molecular complexity index is 1090. The summed E-state index contributed by atoms with van der Waals surface area (Å²) in [5.74, 6) is -0.635. The molecule has 164 valence electrons. The maximum atomic E-state index is 13.2. The Morgan fingerprint density at radius 2 is 1.87 bits per heavy atom. The number of carboxylic acids is 1. The molecule has 31 heavy (non-hydrogen) atoms. The zero-order valence-corrected chi connectivity index (χ0v) is 17.8. The number of nitrogens with one attached hydrogen (secondary N) is 1. The summed E-state index contributed by atoms with van der Waals surface area (Å²) in [4.78, 5) is 16.3. The average Bonchev–Trinajstić information content (AvgIpc) is 3.08. The summed E-state index contributed by atoms with van der Waals surface area (Å²) in [7, 11) is 0. The van der Waals surface area contributed by atoms with Crippen molar-refractivity contribution in [3.8, 4) is 0 Å². The highest BCUT2D eigenvalue weighted by Crippen LogP contribution is 2.44. The van der Waals surface area contributed by atoms with Gasteiger partial charge in [-0.1, -0.05) is 19.3 Å². The van der Waals surface area contributed by atoms with Gasteiger partial charge in [0.15, 0.2) is 0 Å². The van der Waals surface area contributed by atoms with Gasteiger partial charge in [-0.25, -0.2) is 4.79 Å². The number of anilines is 1. The average molecular weight is 449 g/mol. The molecular weight excluding hydrogens is 425 g/mol. The van der Waals surface area contributed by atoms with E-state index in [1.165, 1.54) is 23.8 Å². The van der Waals surface area contributed by atoms with Crippen LogP contribution in [0.1, 0.15) is 64.5 Å². The van der Waals surface area contributed by atoms with E-state index in [2.05, 4.69) is 10.3 Å². The minimum absolute atomic E-state index is 0.0653. The fourth-order valence-electron chi connectivity index (χ4n) is 4.32. The summed E-state index contributed by atoms with van der Waals surface area (Å²) >= 11 is 1.36. The van der Waals surface area contributed by atoms with Crippen LogP contribution in [0.2, 0.25) is 0 Å². The number of aromatic carboxylic acids is 1. The first-order chi connectivity index (χ1) is 14.7. The minimum atomic E-state index is -4.42. The number of carboxylic acid groups (broad SMARTS) is 1. The number of hydrogen-bond acceptors (Lipinski definition) is 4. The summed E-state index contributed by atoms with van der Waals surface area (Å²) in [5, 5.41) is 12.7. The van der Waals surface area contributed by atoms with Gasteiger partial charge in [0.1, 0.15) is 0 Å². The maximum Gasteiger partial charge on any atom is 0.417 e. The third-order valence-corrected chi connectivity index (χ3v) is 7.29. The van der Waals surface area contributed by atoms with E-state index >= 15 is 0 Å². The summed E-state index contributed by atoms with van der Waals surface area (Å²) in [6.45, 7) is 1.92. The molecule has 1 aliphatic rings. The number of pyridine rings is 1. The minimum Gasteiger partial charge on any atom is -0.478 e. The molecule has 2 heterocycles. The lowest BCUT2D eigenvalue weighted by Crippen LogP contribution is -2.23. The Morgan fingerprint density at radius 3 is 2.48 bits per heavy atom. The van der Waals surface area contributed by atoms with Gasteiger partial charge in [-0.15, -0.1) is 11.3 Å².